The number of benzene rings is 2. The highest BCUT2D eigenvalue weighted by Gasteiger charge is 2.34. The number of rotatable bonds is 2. The molecule has 2 aromatic carbocycles. The molecule has 0 radical (unpaired) electrons. The van der Waals surface area contributed by atoms with Crippen LogP contribution in [-0.2, 0) is 0 Å². The number of nitrogens with zero attached hydrogens (tertiary/aromatic N) is 1. The summed E-state index contributed by atoms with van der Waals surface area (Å²) in [6, 6.07) is 14.6. The van der Waals surface area contributed by atoms with E-state index in [1.807, 2.05) is 42.5 Å². The maximum atomic E-state index is 11.3. The molecule has 1 atom stereocenters. The van der Waals surface area contributed by atoms with Crippen LogP contribution < -0.4 is 4.74 Å². The van der Waals surface area contributed by atoms with Gasteiger partial charge >= 0.3 is 0 Å². The maximum Gasteiger partial charge on any atom is 0.291 e. The van der Waals surface area contributed by atoms with Gasteiger partial charge in [-0.15, -0.1) is 0 Å². The van der Waals surface area contributed by atoms with Crippen molar-refractivity contribution in [1.29, 1.82) is 0 Å². The largest absolute Gasteiger partial charge is 0.474 e. The van der Waals surface area contributed by atoms with Gasteiger partial charge in [-0.25, -0.2) is 0 Å². The average molecular weight is 332 g/mol. The molecule has 2 aromatic rings. The van der Waals surface area contributed by atoms with Gasteiger partial charge in [0.25, 0.3) is 5.70 Å². The lowest BCUT2D eigenvalue weighted by atomic mass is 10.0. The predicted molar refractivity (Wildman–Crippen MR) is 78.9 cm³/mol. The van der Waals surface area contributed by atoms with E-state index in [0.717, 1.165) is 15.6 Å². The summed E-state index contributed by atoms with van der Waals surface area (Å²) >= 11 is 3.42. The molecule has 0 saturated carbocycles. The third-order valence-electron chi connectivity index (χ3n) is 3.13. The van der Waals surface area contributed by atoms with E-state index in [1.54, 1.807) is 12.1 Å². The first-order chi connectivity index (χ1) is 9.66. The summed E-state index contributed by atoms with van der Waals surface area (Å²) in [5, 5.41) is 11.3. The summed E-state index contributed by atoms with van der Waals surface area (Å²) < 4.78 is 6.62. The predicted octanol–water partition coefficient (Wildman–Crippen LogP) is 4.20. The van der Waals surface area contributed by atoms with Crippen molar-refractivity contribution in [3.8, 4) is 5.75 Å². The van der Waals surface area contributed by atoms with Crippen LogP contribution in [0, 0.1) is 10.1 Å². The van der Waals surface area contributed by atoms with Gasteiger partial charge < -0.3 is 4.74 Å². The number of halogens is 1. The summed E-state index contributed by atoms with van der Waals surface area (Å²) in [4.78, 5) is 10.9. The summed E-state index contributed by atoms with van der Waals surface area (Å²) in [5.41, 5.74) is 1.50. The third kappa shape index (κ3) is 2.20. The van der Waals surface area contributed by atoms with E-state index in [9.17, 15) is 10.1 Å². The number of hydrogen-bond acceptors (Lipinski definition) is 3. The SMILES string of the molecule is O=[N+]([O-])C1=Cc2ccccc2OC1c1ccccc1Br. The van der Waals surface area contributed by atoms with E-state index in [-0.39, 0.29) is 10.6 Å². The second kappa shape index (κ2) is 5.09. The summed E-state index contributed by atoms with van der Waals surface area (Å²) in [7, 11) is 0. The zero-order valence-electron chi connectivity index (χ0n) is 10.3. The molecule has 0 saturated heterocycles. The van der Waals surface area contributed by atoms with Crippen molar-refractivity contribution < 1.29 is 9.66 Å². The summed E-state index contributed by atoms with van der Waals surface area (Å²) in [6.45, 7) is 0. The second-order valence-electron chi connectivity index (χ2n) is 4.38. The molecule has 0 spiro atoms. The molecule has 1 aliphatic rings. The van der Waals surface area contributed by atoms with Gasteiger partial charge in [0.2, 0.25) is 6.10 Å². The van der Waals surface area contributed by atoms with Crippen LogP contribution in [0.15, 0.2) is 58.7 Å². The molecular weight excluding hydrogens is 322 g/mol. The normalized spacial score (nSPS) is 16.9. The minimum Gasteiger partial charge on any atom is -0.474 e. The van der Waals surface area contributed by atoms with Gasteiger partial charge in [-0.05, 0) is 12.1 Å². The Balaban J connectivity index is 2.13. The molecule has 3 rings (SSSR count). The number of fused-ring (bicyclic) bond motifs is 1. The van der Waals surface area contributed by atoms with E-state index in [1.165, 1.54) is 0 Å². The standard InChI is InChI=1S/C15H10BrNO3/c16-12-7-3-2-6-11(12)15-13(17(18)19)9-10-5-1-4-8-14(10)20-15/h1-9,15H. The lowest BCUT2D eigenvalue weighted by Crippen LogP contribution is -2.20. The van der Waals surface area contributed by atoms with Crippen molar-refractivity contribution in [2.45, 2.75) is 6.10 Å². The van der Waals surface area contributed by atoms with Crippen LogP contribution >= 0.6 is 15.9 Å². The molecule has 1 heterocycles. The van der Waals surface area contributed by atoms with Crippen LogP contribution in [-0.4, -0.2) is 4.92 Å². The molecule has 1 unspecified atom stereocenters. The molecule has 5 heteroatoms. The van der Waals surface area contributed by atoms with Crippen molar-refractivity contribution in [2.24, 2.45) is 0 Å². The Bertz CT molecular complexity index is 712. The Kier molecular flexibility index (Phi) is 3.28. The lowest BCUT2D eigenvalue weighted by molar-refractivity contribution is -0.434. The van der Waals surface area contributed by atoms with Gasteiger partial charge in [0, 0.05) is 21.7 Å². The summed E-state index contributed by atoms with van der Waals surface area (Å²) in [6.07, 6.45) is 0.860. The first kappa shape index (κ1) is 12.9. The van der Waals surface area contributed by atoms with Crippen LogP contribution in [0.5, 0.6) is 5.75 Å². The van der Waals surface area contributed by atoms with E-state index < -0.39 is 6.10 Å². The number of ether oxygens (including phenoxy) is 1. The molecule has 1 aliphatic heterocycles. The maximum absolute atomic E-state index is 11.3. The van der Waals surface area contributed by atoms with Gasteiger partial charge in [-0.1, -0.05) is 52.3 Å². The van der Waals surface area contributed by atoms with Crippen LogP contribution in [0.2, 0.25) is 0 Å². The zero-order valence-corrected chi connectivity index (χ0v) is 11.9. The zero-order chi connectivity index (χ0) is 14.1. The van der Waals surface area contributed by atoms with E-state index in [2.05, 4.69) is 15.9 Å². The van der Waals surface area contributed by atoms with Crippen molar-refractivity contribution in [3.63, 3.8) is 0 Å². The molecular formula is C15H10BrNO3. The van der Waals surface area contributed by atoms with Crippen molar-refractivity contribution in [3.05, 3.63) is 79.9 Å². The van der Waals surface area contributed by atoms with Crippen molar-refractivity contribution in [1.82, 2.24) is 0 Å². The molecule has 0 N–H and O–H groups in total. The number of para-hydroxylation sites is 1. The molecule has 0 bridgehead atoms. The number of hydrogen-bond donors (Lipinski definition) is 0. The summed E-state index contributed by atoms with van der Waals surface area (Å²) in [5.74, 6) is 0.652. The molecule has 0 aromatic heterocycles. The van der Waals surface area contributed by atoms with Crippen LogP contribution in [0.3, 0.4) is 0 Å². The fraction of sp³-hybridized carbons (Fsp3) is 0.0667. The first-order valence-corrected chi connectivity index (χ1v) is 6.82. The van der Waals surface area contributed by atoms with Gasteiger partial charge in [0.1, 0.15) is 5.75 Å². The van der Waals surface area contributed by atoms with E-state index >= 15 is 0 Å². The fourth-order valence-electron chi connectivity index (χ4n) is 2.19. The quantitative estimate of drug-likeness (QED) is 0.612. The van der Waals surface area contributed by atoms with Gasteiger partial charge in [0.05, 0.1) is 4.92 Å². The number of nitro groups is 1. The highest BCUT2D eigenvalue weighted by atomic mass is 79.9. The van der Waals surface area contributed by atoms with Gasteiger partial charge in [-0.2, -0.15) is 0 Å². The average Bonchev–Trinajstić information content (AvgIpc) is 2.46. The van der Waals surface area contributed by atoms with Crippen LogP contribution in [0.4, 0.5) is 0 Å². The Morgan fingerprint density at radius 2 is 1.80 bits per heavy atom. The van der Waals surface area contributed by atoms with Crippen molar-refractivity contribution in [2.75, 3.05) is 0 Å². The highest BCUT2D eigenvalue weighted by Crippen LogP contribution is 2.39. The smallest absolute Gasteiger partial charge is 0.291 e. The minimum atomic E-state index is -0.713. The van der Waals surface area contributed by atoms with Crippen LogP contribution in [0.1, 0.15) is 17.2 Å². The third-order valence-corrected chi connectivity index (χ3v) is 3.86. The molecule has 20 heavy (non-hydrogen) atoms. The fourth-order valence-corrected chi connectivity index (χ4v) is 2.68. The Hall–Kier alpha value is -2.14. The Morgan fingerprint density at radius 1 is 1.10 bits per heavy atom. The van der Waals surface area contributed by atoms with Crippen LogP contribution in [0.25, 0.3) is 6.08 Å². The van der Waals surface area contributed by atoms with E-state index in [4.69, 9.17) is 4.74 Å². The Morgan fingerprint density at radius 3 is 2.55 bits per heavy atom. The minimum absolute atomic E-state index is 0.0376. The second-order valence-corrected chi connectivity index (χ2v) is 5.24. The van der Waals surface area contributed by atoms with E-state index in [0.29, 0.717) is 5.75 Å². The van der Waals surface area contributed by atoms with Gasteiger partial charge in [0.15, 0.2) is 0 Å². The molecule has 0 fully saturated rings. The Labute approximate surface area is 124 Å². The topological polar surface area (TPSA) is 52.4 Å². The lowest BCUT2D eigenvalue weighted by Gasteiger charge is -2.23. The van der Waals surface area contributed by atoms with Crippen molar-refractivity contribution >= 4 is 22.0 Å². The highest BCUT2D eigenvalue weighted by molar-refractivity contribution is 9.10. The monoisotopic (exact) mass is 331 g/mol. The molecule has 100 valence electrons. The van der Waals surface area contributed by atoms with Gasteiger partial charge in [-0.3, -0.25) is 10.1 Å². The first-order valence-electron chi connectivity index (χ1n) is 6.03. The molecule has 4 nitrogen and oxygen atoms in total. The molecule has 0 aliphatic carbocycles. The molecule has 0 amide bonds.